The Hall–Kier alpha value is -3.08. The number of aromatic nitrogens is 2. The van der Waals surface area contributed by atoms with Gasteiger partial charge in [0.1, 0.15) is 5.75 Å². The number of benzene rings is 2. The maximum absolute atomic E-state index is 10.9. The minimum absolute atomic E-state index is 0.139. The third-order valence-electron chi connectivity index (χ3n) is 5.00. The highest BCUT2D eigenvalue weighted by molar-refractivity contribution is 5.73. The lowest BCUT2D eigenvalue weighted by atomic mass is 10.1. The van der Waals surface area contributed by atoms with E-state index in [0.717, 1.165) is 29.1 Å². The van der Waals surface area contributed by atoms with Crippen LogP contribution in [-0.4, -0.2) is 27.5 Å². The van der Waals surface area contributed by atoms with E-state index in [1.54, 1.807) is 0 Å². The molecule has 0 bridgehead atoms. The van der Waals surface area contributed by atoms with Crippen molar-refractivity contribution in [1.29, 1.82) is 0 Å². The summed E-state index contributed by atoms with van der Waals surface area (Å²) < 4.78 is 7.69. The number of hydrogen-bond acceptors (Lipinski definition) is 3. The highest BCUT2D eigenvalue weighted by Gasteiger charge is 2.43. The molecule has 3 aromatic rings. The molecule has 5 heteroatoms. The van der Waals surface area contributed by atoms with Crippen molar-refractivity contribution >= 4 is 5.97 Å². The van der Waals surface area contributed by atoms with E-state index in [-0.39, 0.29) is 11.8 Å². The van der Waals surface area contributed by atoms with Crippen molar-refractivity contribution in [2.75, 3.05) is 6.61 Å². The number of ether oxygens (including phenoxy) is 1. The van der Waals surface area contributed by atoms with E-state index in [2.05, 4.69) is 23.4 Å². The Morgan fingerprint density at radius 1 is 1.19 bits per heavy atom. The van der Waals surface area contributed by atoms with Gasteiger partial charge in [-0.1, -0.05) is 42.5 Å². The zero-order valence-electron chi connectivity index (χ0n) is 15.2. The summed E-state index contributed by atoms with van der Waals surface area (Å²) >= 11 is 0. The molecule has 1 saturated carbocycles. The summed E-state index contributed by atoms with van der Waals surface area (Å²) in [5.41, 5.74) is 4.40. The van der Waals surface area contributed by atoms with Gasteiger partial charge in [-0.25, -0.2) is 0 Å². The lowest BCUT2D eigenvalue weighted by molar-refractivity contribution is -0.138. The fourth-order valence-electron chi connectivity index (χ4n) is 3.32. The van der Waals surface area contributed by atoms with E-state index in [1.165, 1.54) is 5.56 Å². The van der Waals surface area contributed by atoms with Crippen LogP contribution >= 0.6 is 0 Å². The largest absolute Gasteiger partial charge is 0.493 e. The maximum atomic E-state index is 10.9. The first-order chi connectivity index (χ1) is 13.1. The zero-order chi connectivity index (χ0) is 18.8. The van der Waals surface area contributed by atoms with Crippen LogP contribution in [0.15, 0.2) is 60.8 Å². The van der Waals surface area contributed by atoms with Crippen LogP contribution in [0.3, 0.4) is 0 Å². The van der Waals surface area contributed by atoms with E-state index in [9.17, 15) is 4.79 Å². The quantitative estimate of drug-likeness (QED) is 0.690. The molecule has 1 aliphatic rings. The molecule has 138 valence electrons. The molecule has 1 N–H and O–H groups in total. The summed E-state index contributed by atoms with van der Waals surface area (Å²) in [6, 6.07) is 18.2. The molecule has 0 radical (unpaired) electrons. The molecule has 0 amide bonds. The van der Waals surface area contributed by atoms with Gasteiger partial charge in [-0.2, -0.15) is 5.10 Å². The number of hydrogen-bond donors (Lipinski definition) is 1. The van der Waals surface area contributed by atoms with E-state index in [4.69, 9.17) is 9.84 Å². The Morgan fingerprint density at radius 2 is 1.93 bits per heavy atom. The Kier molecular flexibility index (Phi) is 4.67. The Bertz CT molecular complexity index is 932. The molecule has 4 rings (SSSR count). The van der Waals surface area contributed by atoms with Gasteiger partial charge in [0.25, 0.3) is 0 Å². The fraction of sp³-hybridized carbons (Fsp3) is 0.273. The van der Waals surface area contributed by atoms with E-state index < -0.39 is 5.97 Å². The van der Waals surface area contributed by atoms with Crippen LogP contribution in [0.5, 0.6) is 5.75 Å². The molecule has 1 aliphatic carbocycles. The van der Waals surface area contributed by atoms with Crippen molar-refractivity contribution in [2.45, 2.75) is 19.9 Å². The Morgan fingerprint density at radius 3 is 2.59 bits per heavy atom. The molecule has 2 atom stereocenters. The van der Waals surface area contributed by atoms with Crippen molar-refractivity contribution in [3.05, 3.63) is 72.1 Å². The first kappa shape index (κ1) is 17.3. The van der Waals surface area contributed by atoms with Crippen molar-refractivity contribution in [2.24, 2.45) is 11.8 Å². The van der Waals surface area contributed by atoms with E-state index in [1.807, 2.05) is 54.1 Å². The summed E-state index contributed by atoms with van der Waals surface area (Å²) in [5.74, 6) is -0.0472. The Balaban J connectivity index is 1.41. The average molecular weight is 362 g/mol. The van der Waals surface area contributed by atoms with E-state index in [0.29, 0.717) is 13.0 Å². The summed E-state index contributed by atoms with van der Waals surface area (Å²) in [7, 11) is 0. The lowest BCUT2D eigenvalue weighted by Gasteiger charge is -2.06. The third-order valence-corrected chi connectivity index (χ3v) is 5.00. The van der Waals surface area contributed by atoms with Gasteiger partial charge < -0.3 is 9.84 Å². The van der Waals surface area contributed by atoms with Gasteiger partial charge in [0.05, 0.1) is 24.8 Å². The number of nitrogens with zero attached hydrogens (tertiary/aromatic N) is 2. The molecule has 27 heavy (non-hydrogen) atoms. The number of aliphatic carboxylic acids is 1. The molecule has 0 aliphatic heterocycles. The summed E-state index contributed by atoms with van der Waals surface area (Å²) in [6.07, 6.45) is 2.78. The standard InChI is InChI=1S/C22H22N2O3/c1-15-21(13-24(23-15)12-16-5-3-2-4-6-16)17-7-9-19(10-8-17)27-14-18-11-20(18)22(25)26/h2-10,13,18,20H,11-12,14H2,1H3,(H,25,26). The van der Waals surface area contributed by atoms with Crippen molar-refractivity contribution < 1.29 is 14.6 Å². The average Bonchev–Trinajstić information content (AvgIpc) is 3.37. The van der Waals surface area contributed by atoms with Crippen molar-refractivity contribution in [3.8, 4) is 16.9 Å². The highest BCUT2D eigenvalue weighted by atomic mass is 16.5. The number of aryl methyl sites for hydroxylation is 1. The summed E-state index contributed by atoms with van der Waals surface area (Å²) in [5, 5.41) is 13.6. The second-order valence-corrected chi connectivity index (χ2v) is 7.09. The third kappa shape index (κ3) is 4.03. The molecule has 0 saturated heterocycles. The first-order valence-corrected chi connectivity index (χ1v) is 9.14. The predicted octanol–water partition coefficient (Wildman–Crippen LogP) is 4.01. The number of rotatable bonds is 7. The van der Waals surface area contributed by atoms with Crippen LogP contribution in [0.4, 0.5) is 0 Å². The molecular weight excluding hydrogens is 340 g/mol. The van der Waals surface area contributed by atoms with Crippen LogP contribution in [-0.2, 0) is 11.3 Å². The molecular formula is C22H22N2O3. The molecule has 1 fully saturated rings. The minimum Gasteiger partial charge on any atom is -0.493 e. The molecule has 2 unspecified atom stereocenters. The molecule has 1 aromatic heterocycles. The SMILES string of the molecule is Cc1nn(Cc2ccccc2)cc1-c1ccc(OCC2CC2C(=O)O)cc1. The van der Waals surface area contributed by atoms with Crippen LogP contribution in [0.1, 0.15) is 17.7 Å². The minimum atomic E-state index is -0.720. The summed E-state index contributed by atoms with van der Waals surface area (Å²) in [6.45, 7) is 3.22. The number of carbonyl (C=O) groups is 1. The van der Waals surface area contributed by atoms with Crippen molar-refractivity contribution in [3.63, 3.8) is 0 Å². The van der Waals surface area contributed by atoms with Gasteiger partial charge in [0.2, 0.25) is 0 Å². The van der Waals surface area contributed by atoms with Gasteiger partial charge in [0, 0.05) is 17.7 Å². The second kappa shape index (κ2) is 7.27. The van der Waals surface area contributed by atoms with Crippen LogP contribution in [0.2, 0.25) is 0 Å². The van der Waals surface area contributed by atoms with Crippen LogP contribution in [0.25, 0.3) is 11.1 Å². The van der Waals surface area contributed by atoms with Gasteiger partial charge in [-0.3, -0.25) is 9.48 Å². The number of carboxylic acid groups (broad SMARTS) is 1. The smallest absolute Gasteiger partial charge is 0.306 e. The van der Waals surface area contributed by atoms with Gasteiger partial charge >= 0.3 is 5.97 Å². The lowest BCUT2D eigenvalue weighted by Crippen LogP contribution is -2.06. The first-order valence-electron chi connectivity index (χ1n) is 9.14. The molecule has 2 aromatic carbocycles. The Labute approximate surface area is 158 Å². The van der Waals surface area contributed by atoms with Crippen LogP contribution < -0.4 is 4.74 Å². The number of carboxylic acids is 1. The maximum Gasteiger partial charge on any atom is 0.306 e. The second-order valence-electron chi connectivity index (χ2n) is 7.09. The van der Waals surface area contributed by atoms with Gasteiger partial charge in [-0.05, 0) is 36.6 Å². The molecule has 5 nitrogen and oxygen atoms in total. The van der Waals surface area contributed by atoms with Crippen LogP contribution in [0, 0.1) is 18.8 Å². The topological polar surface area (TPSA) is 64.4 Å². The molecule has 0 spiro atoms. The van der Waals surface area contributed by atoms with E-state index >= 15 is 0 Å². The summed E-state index contributed by atoms with van der Waals surface area (Å²) in [4.78, 5) is 10.9. The fourth-order valence-corrected chi connectivity index (χ4v) is 3.32. The normalized spacial score (nSPS) is 18.3. The van der Waals surface area contributed by atoms with Gasteiger partial charge in [-0.15, -0.1) is 0 Å². The van der Waals surface area contributed by atoms with Crippen molar-refractivity contribution in [1.82, 2.24) is 9.78 Å². The predicted molar refractivity (Wildman–Crippen MR) is 103 cm³/mol. The monoisotopic (exact) mass is 362 g/mol. The van der Waals surface area contributed by atoms with Gasteiger partial charge in [0.15, 0.2) is 0 Å². The zero-order valence-corrected chi connectivity index (χ0v) is 15.2. The molecule has 1 heterocycles. The highest BCUT2D eigenvalue weighted by Crippen LogP contribution is 2.39.